The molecule has 0 aliphatic heterocycles. The summed E-state index contributed by atoms with van der Waals surface area (Å²) in [6, 6.07) is 6.61. The largest absolute Gasteiger partial charge is 0.398 e. The molecule has 0 fully saturated rings. The Balaban J connectivity index is 2.23. The first-order valence-electron chi connectivity index (χ1n) is 5.46. The lowest BCUT2D eigenvalue weighted by molar-refractivity contribution is 0.102. The highest BCUT2D eigenvalue weighted by Gasteiger charge is 2.10. The molecule has 0 bridgehead atoms. The Labute approximate surface area is 124 Å². The summed E-state index contributed by atoms with van der Waals surface area (Å²) in [6.45, 7) is 1.86. The van der Waals surface area contributed by atoms with Crippen LogP contribution in [-0.2, 0) is 0 Å². The predicted molar refractivity (Wildman–Crippen MR) is 80.5 cm³/mol. The fraction of sp³-hybridized carbons (Fsp3) is 0.0769. The first-order valence-corrected chi connectivity index (χ1v) is 6.63. The molecule has 19 heavy (non-hydrogen) atoms. The number of nitrogen functional groups attached to an aromatic ring is 1. The van der Waals surface area contributed by atoms with E-state index >= 15 is 0 Å². The fourth-order valence-electron chi connectivity index (χ4n) is 1.52. The number of hydrogen-bond donors (Lipinski definition) is 2. The van der Waals surface area contributed by atoms with Crippen LogP contribution >= 0.6 is 27.5 Å². The lowest BCUT2D eigenvalue weighted by atomic mass is 10.2. The number of amides is 1. The quantitative estimate of drug-likeness (QED) is 0.820. The molecule has 0 unspecified atom stereocenters. The zero-order chi connectivity index (χ0) is 14.0. The first kappa shape index (κ1) is 13.8. The van der Waals surface area contributed by atoms with Crippen molar-refractivity contribution in [3.8, 4) is 0 Å². The third-order valence-corrected chi connectivity index (χ3v) is 3.30. The molecule has 6 heteroatoms. The normalized spacial score (nSPS) is 10.3. The van der Waals surface area contributed by atoms with E-state index < -0.39 is 0 Å². The molecular formula is C13H11BrClN3O. The average molecular weight is 341 g/mol. The van der Waals surface area contributed by atoms with Crippen LogP contribution in [0.2, 0.25) is 5.02 Å². The Hall–Kier alpha value is -1.59. The zero-order valence-corrected chi connectivity index (χ0v) is 12.4. The summed E-state index contributed by atoms with van der Waals surface area (Å²) >= 11 is 9.20. The van der Waals surface area contributed by atoms with Crippen molar-refractivity contribution in [2.75, 3.05) is 11.1 Å². The second kappa shape index (κ2) is 5.59. The van der Waals surface area contributed by atoms with Crippen molar-refractivity contribution in [1.82, 2.24) is 4.98 Å². The Morgan fingerprint density at radius 3 is 2.79 bits per heavy atom. The maximum atomic E-state index is 12.1. The highest BCUT2D eigenvalue weighted by molar-refractivity contribution is 9.10. The molecule has 1 amide bonds. The number of carbonyl (C=O) groups excluding carboxylic acids is 1. The van der Waals surface area contributed by atoms with Crippen molar-refractivity contribution in [2.24, 2.45) is 0 Å². The van der Waals surface area contributed by atoms with Crippen LogP contribution in [0, 0.1) is 6.92 Å². The van der Waals surface area contributed by atoms with Gasteiger partial charge in [0, 0.05) is 16.2 Å². The Bertz CT molecular complexity index is 646. The number of anilines is 2. The standard InChI is InChI=1S/C13H11BrClN3O/c1-7-4-9(14)6-17-12(7)18-13(19)8-2-3-11(16)10(15)5-8/h2-6H,16H2,1H3,(H,17,18,19). The van der Waals surface area contributed by atoms with Gasteiger partial charge in [0.15, 0.2) is 0 Å². The van der Waals surface area contributed by atoms with Gasteiger partial charge in [-0.2, -0.15) is 0 Å². The lowest BCUT2D eigenvalue weighted by Gasteiger charge is -2.08. The van der Waals surface area contributed by atoms with Gasteiger partial charge < -0.3 is 11.1 Å². The molecule has 1 aromatic heterocycles. The maximum Gasteiger partial charge on any atom is 0.256 e. The van der Waals surface area contributed by atoms with E-state index in [0.29, 0.717) is 22.1 Å². The van der Waals surface area contributed by atoms with Crippen LogP contribution in [0.5, 0.6) is 0 Å². The van der Waals surface area contributed by atoms with Gasteiger partial charge in [0.25, 0.3) is 5.91 Å². The van der Waals surface area contributed by atoms with E-state index in [1.807, 2.05) is 13.0 Å². The van der Waals surface area contributed by atoms with Crippen LogP contribution in [0.15, 0.2) is 34.9 Å². The van der Waals surface area contributed by atoms with Crippen LogP contribution in [0.4, 0.5) is 11.5 Å². The first-order chi connectivity index (χ1) is 8.97. The highest BCUT2D eigenvalue weighted by Crippen LogP contribution is 2.21. The number of hydrogen-bond acceptors (Lipinski definition) is 3. The van der Waals surface area contributed by atoms with Crippen molar-refractivity contribution < 1.29 is 4.79 Å². The number of aromatic nitrogens is 1. The van der Waals surface area contributed by atoms with Crippen molar-refractivity contribution >= 4 is 44.9 Å². The van der Waals surface area contributed by atoms with E-state index in [0.717, 1.165) is 10.0 Å². The molecule has 2 aromatic rings. The minimum Gasteiger partial charge on any atom is -0.398 e. The van der Waals surface area contributed by atoms with Gasteiger partial charge in [0.2, 0.25) is 0 Å². The topological polar surface area (TPSA) is 68.0 Å². The molecule has 0 saturated carbocycles. The Kier molecular flexibility index (Phi) is 4.07. The molecule has 2 rings (SSSR count). The summed E-state index contributed by atoms with van der Waals surface area (Å²) < 4.78 is 0.860. The van der Waals surface area contributed by atoms with E-state index in [2.05, 4.69) is 26.2 Å². The zero-order valence-electron chi connectivity index (χ0n) is 10.1. The summed E-state index contributed by atoms with van der Waals surface area (Å²) in [5.41, 5.74) is 7.34. The number of nitrogens with one attached hydrogen (secondary N) is 1. The number of carbonyl (C=O) groups is 1. The van der Waals surface area contributed by atoms with E-state index in [9.17, 15) is 4.79 Å². The molecule has 98 valence electrons. The minimum atomic E-state index is -0.278. The number of pyridine rings is 1. The van der Waals surface area contributed by atoms with Gasteiger partial charge in [-0.05, 0) is 52.7 Å². The van der Waals surface area contributed by atoms with Gasteiger partial charge in [-0.1, -0.05) is 11.6 Å². The second-order valence-corrected chi connectivity index (χ2v) is 5.33. The number of rotatable bonds is 2. The SMILES string of the molecule is Cc1cc(Br)cnc1NC(=O)c1ccc(N)c(Cl)c1. The highest BCUT2D eigenvalue weighted by atomic mass is 79.9. The van der Waals surface area contributed by atoms with Crippen LogP contribution < -0.4 is 11.1 Å². The summed E-state index contributed by atoms with van der Waals surface area (Å²) in [4.78, 5) is 16.2. The Morgan fingerprint density at radius 2 is 2.16 bits per heavy atom. The van der Waals surface area contributed by atoms with Crippen molar-refractivity contribution in [3.05, 3.63) is 51.1 Å². The third kappa shape index (κ3) is 3.24. The molecule has 0 radical (unpaired) electrons. The molecule has 1 aromatic carbocycles. The molecule has 0 saturated heterocycles. The van der Waals surface area contributed by atoms with Gasteiger partial charge in [0.1, 0.15) is 5.82 Å². The number of halogens is 2. The lowest BCUT2D eigenvalue weighted by Crippen LogP contribution is -2.14. The molecule has 4 nitrogen and oxygen atoms in total. The number of nitrogens with two attached hydrogens (primary N) is 1. The summed E-state index contributed by atoms with van der Waals surface area (Å²) in [5.74, 6) is 0.237. The summed E-state index contributed by atoms with van der Waals surface area (Å²) in [6.07, 6.45) is 1.62. The predicted octanol–water partition coefficient (Wildman–Crippen LogP) is 3.64. The molecule has 3 N–H and O–H groups in total. The smallest absolute Gasteiger partial charge is 0.256 e. The monoisotopic (exact) mass is 339 g/mol. The van der Waals surface area contributed by atoms with Crippen LogP contribution in [0.3, 0.4) is 0 Å². The van der Waals surface area contributed by atoms with Gasteiger partial charge in [-0.3, -0.25) is 4.79 Å². The summed E-state index contributed by atoms with van der Waals surface area (Å²) in [5, 5.41) is 3.08. The van der Waals surface area contributed by atoms with Crippen LogP contribution in [0.1, 0.15) is 15.9 Å². The molecule has 0 aliphatic rings. The van der Waals surface area contributed by atoms with Crippen LogP contribution in [0.25, 0.3) is 0 Å². The average Bonchev–Trinajstić information content (AvgIpc) is 2.36. The van der Waals surface area contributed by atoms with Crippen LogP contribution in [-0.4, -0.2) is 10.9 Å². The van der Waals surface area contributed by atoms with Gasteiger partial charge in [-0.25, -0.2) is 4.98 Å². The Morgan fingerprint density at radius 1 is 1.42 bits per heavy atom. The van der Waals surface area contributed by atoms with E-state index in [1.54, 1.807) is 18.3 Å². The number of benzene rings is 1. The van der Waals surface area contributed by atoms with Crippen molar-refractivity contribution in [2.45, 2.75) is 6.92 Å². The van der Waals surface area contributed by atoms with E-state index in [1.165, 1.54) is 6.07 Å². The molecular weight excluding hydrogens is 330 g/mol. The van der Waals surface area contributed by atoms with Gasteiger partial charge in [0.05, 0.1) is 10.7 Å². The molecule has 1 heterocycles. The van der Waals surface area contributed by atoms with E-state index in [-0.39, 0.29) is 5.91 Å². The van der Waals surface area contributed by atoms with Gasteiger partial charge >= 0.3 is 0 Å². The van der Waals surface area contributed by atoms with Crippen molar-refractivity contribution in [3.63, 3.8) is 0 Å². The molecule has 0 spiro atoms. The minimum absolute atomic E-state index is 0.278. The van der Waals surface area contributed by atoms with Gasteiger partial charge in [-0.15, -0.1) is 0 Å². The number of aryl methyl sites for hydroxylation is 1. The van der Waals surface area contributed by atoms with E-state index in [4.69, 9.17) is 17.3 Å². The second-order valence-electron chi connectivity index (χ2n) is 4.01. The number of nitrogens with zero attached hydrogens (tertiary/aromatic N) is 1. The maximum absolute atomic E-state index is 12.1. The fourth-order valence-corrected chi connectivity index (χ4v) is 2.15. The third-order valence-electron chi connectivity index (χ3n) is 2.54. The summed E-state index contributed by atoms with van der Waals surface area (Å²) in [7, 11) is 0. The van der Waals surface area contributed by atoms with Crippen molar-refractivity contribution in [1.29, 1.82) is 0 Å². The molecule has 0 aliphatic carbocycles. The molecule has 0 atom stereocenters.